The standard InChI is InChI=1S/C16H19N5O4/c1-2-11-6-3-4-9-19(11)15-14(16(22)23)17-20(18-15)12-7-5-8-13(10-12)21(24)25/h5,7-8,10-11H,2-4,6,9H2,1H3,(H,22,23)/t11-/m1/s1. The number of piperidine rings is 1. The Balaban J connectivity index is 2.04. The number of carboxylic acid groups (broad SMARTS) is 1. The highest BCUT2D eigenvalue weighted by molar-refractivity contribution is 5.91. The lowest BCUT2D eigenvalue weighted by Crippen LogP contribution is -2.40. The predicted molar refractivity (Wildman–Crippen MR) is 90.2 cm³/mol. The molecule has 2 heterocycles. The molecule has 1 aliphatic heterocycles. The third-order valence-corrected chi connectivity index (χ3v) is 4.44. The summed E-state index contributed by atoms with van der Waals surface area (Å²) in [7, 11) is 0. The van der Waals surface area contributed by atoms with Crippen molar-refractivity contribution in [3.63, 3.8) is 0 Å². The highest BCUT2D eigenvalue weighted by atomic mass is 16.6. The Hall–Kier alpha value is -2.97. The molecule has 1 N–H and O–H groups in total. The second-order valence-electron chi connectivity index (χ2n) is 6.00. The third-order valence-electron chi connectivity index (χ3n) is 4.44. The molecule has 1 atom stereocenters. The number of carbonyl (C=O) groups is 1. The number of anilines is 1. The first kappa shape index (κ1) is 16.9. The Labute approximate surface area is 144 Å². The number of rotatable bonds is 5. The molecule has 1 aliphatic rings. The Morgan fingerprint density at radius 2 is 2.20 bits per heavy atom. The van der Waals surface area contributed by atoms with E-state index in [1.54, 1.807) is 6.07 Å². The van der Waals surface area contributed by atoms with Crippen LogP contribution in [0.3, 0.4) is 0 Å². The summed E-state index contributed by atoms with van der Waals surface area (Å²) < 4.78 is 0. The number of hydrogen-bond acceptors (Lipinski definition) is 6. The van der Waals surface area contributed by atoms with Crippen molar-refractivity contribution in [1.29, 1.82) is 0 Å². The number of non-ortho nitro benzene ring substituents is 1. The molecule has 1 aromatic heterocycles. The number of nitro benzene ring substituents is 1. The zero-order valence-corrected chi connectivity index (χ0v) is 13.8. The summed E-state index contributed by atoms with van der Waals surface area (Å²) in [5.74, 6) is -0.835. The van der Waals surface area contributed by atoms with Gasteiger partial charge in [0.25, 0.3) is 5.69 Å². The molecule has 9 heteroatoms. The van der Waals surface area contributed by atoms with E-state index in [1.165, 1.54) is 18.2 Å². The van der Waals surface area contributed by atoms with Crippen LogP contribution in [-0.2, 0) is 0 Å². The molecule has 2 aromatic rings. The SMILES string of the molecule is CC[C@@H]1CCCCN1c1nn(-c2cccc([N+](=O)[O-])c2)nc1C(=O)O. The van der Waals surface area contributed by atoms with Gasteiger partial charge in [-0.2, -0.15) is 0 Å². The van der Waals surface area contributed by atoms with Gasteiger partial charge in [0.05, 0.1) is 10.6 Å². The van der Waals surface area contributed by atoms with Crippen LogP contribution in [0.2, 0.25) is 0 Å². The van der Waals surface area contributed by atoms with Crippen molar-refractivity contribution >= 4 is 17.5 Å². The van der Waals surface area contributed by atoms with Gasteiger partial charge in [0.1, 0.15) is 0 Å². The first-order valence-electron chi connectivity index (χ1n) is 8.23. The van der Waals surface area contributed by atoms with Crippen molar-refractivity contribution in [3.8, 4) is 5.69 Å². The fourth-order valence-corrected chi connectivity index (χ4v) is 3.18. The Morgan fingerprint density at radius 3 is 2.88 bits per heavy atom. The van der Waals surface area contributed by atoms with Crippen LogP contribution in [0.25, 0.3) is 5.69 Å². The van der Waals surface area contributed by atoms with Crippen LogP contribution in [0.15, 0.2) is 24.3 Å². The van der Waals surface area contributed by atoms with Gasteiger partial charge in [0.2, 0.25) is 5.69 Å². The second kappa shape index (κ2) is 6.88. The number of carboxylic acids is 1. The van der Waals surface area contributed by atoms with E-state index in [-0.39, 0.29) is 17.4 Å². The summed E-state index contributed by atoms with van der Waals surface area (Å²) in [6.07, 6.45) is 3.96. The van der Waals surface area contributed by atoms with Gasteiger partial charge in [-0.1, -0.05) is 13.0 Å². The van der Waals surface area contributed by atoms with E-state index in [9.17, 15) is 20.0 Å². The number of aromatic nitrogens is 3. The topological polar surface area (TPSA) is 114 Å². The molecule has 1 fully saturated rings. The minimum Gasteiger partial charge on any atom is -0.476 e. The van der Waals surface area contributed by atoms with Gasteiger partial charge < -0.3 is 10.0 Å². The van der Waals surface area contributed by atoms with Gasteiger partial charge in [-0.25, -0.2) is 4.79 Å². The summed E-state index contributed by atoms with van der Waals surface area (Å²) >= 11 is 0. The maximum absolute atomic E-state index is 11.6. The molecule has 0 bridgehead atoms. The lowest BCUT2D eigenvalue weighted by molar-refractivity contribution is -0.384. The zero-order valence-electron chi connectivity index (χ0n) is 13.8. The fourth-order valence-electron chi connectivity index (χ4n) is 3.18. The van der Waals surface area contributed by atoms with Gasteiger partial charge in [0, 0.05) is 24.7 Å². The fraction of sp³-hybridized carbons (Fsp3) is 0.438. The van der Waals surface area contributed by atoms with Gasteiger partial charge in [-0.15, -0.1) is 15.0 Å². The Bertz CT molecular complexity index is 804. The number of aromatic carboxylic acids is 1. The van der Waals surface area contributed by atoms with E-state index >= 15 is 0 Å². The van der Waals surface area contributed by atoms with Crippen LogP contribution >= 0.6 is 0 Å². The minimum atomic E-state index is -1.16. The molecule has 25 heavy (non-hydrogen) atoms. The first-order chi connectivity index (χ1) is 12.0. The minimum absolute atomic E-state index is 0.0994. The van der Waals surface area contributed by atoms with Crippen molar-refractivity contribution < 1.29 is 14.8 Å². The lowest BCUT2D eigenvalue weighted by atomic mass is 10.00. The molecule has 3 rings (SSSR count). The van der Waals surface area contributed by atoms with E-state index in [1.807, 2.05) is 4.90 Å². The van der Waals surface area contributed by atoms with Gasteiger partial charge >= 0.3 is 5.97 Å². The smallest absolute Gasteiger partial charge is 0.360 e. The van der Waals surface area contributed by atoms with E-state index in [0.717, 1.165) is 37.0 Å². The number of nitro groups is 1. The first-order valence-corrected chi connectivity index (χ1v) is 8.23. The molecular weight excluding hydrogens is 326 g/mol. The van der Waals surface area contributed by atoms with Crippen molar-refractivity contribution in [2.24, 2.45) is 0 Å². The molecule has 0 saturated carbocycles. The molecule has 0 radical (unpaired) electrons. The summed E-state index contributed by atoms with van der Waals surface area (Å²) in [4.78, 5) is 25.2. The van der Waals surface area contributed by atoms with Gasteiger partial charge in [-0.05, 0) is 31.7 Å². The third kappa shape index (κ3) is 3.30. The van der Waals surface area contributed by atoms with Crippen LogP contribution in [0.4, 0.5) is 11.5 Å². The van der Waals surface area contributed by atoms with E-state index in [2.05, 4.69) is 17.1 Å². The highest BCUT2D eigenvalue weighted by Crippen LogP contribution is 2.28. The van der Waals surface area contributed by atoms with Crippen LogP contribution in [-0.4, -0.2) is 43.6 Å². The average Bonchev–Trinajstić information content (AvgIpc) is 3.07. The summed E-state index contributed by atoms with van der Waals surface area (Å²) in [6.45, 7) is 2.79. The maximum Gasteiger partial charge on any atom is 0.360 e. The van der Waals surface area contributed by atoms with Crippen molar-refractivity contribution in [2.75, 3.05) is 11.4 Å². The maximum atomic E-state index is 11.6. The number of hydrogen-bond donors (Lipinski definition) is 1. The summed E-state index contributed by atoms with van der Waals surface area (Å²) in [5, 5.41) is 28.9. The molecule has 9 nitrogen and oxygen atoms in total. The molecule has 1 saturated heterocycles. The zero-order chi connectivity index (χ0) is 18.0. The Kier molecular flexibility index (Phi) is 4.64. The molecule has 132 valence electrons. The van der Waals surface area contributed by atoms with Crippen LogP contribution < -0.4 is 4.90 Å². The average molecular weight is 345 g/mol. The Morgan fingerprint density at radius 1 is 1.40 bits per heavy atom. The quantitative estimate of drug-likeness (QED) is 0.654. The van der Waals surface area contributed by atoms with Crippen molar-refractivity contribution in [1.82, 2.24) is 15.0 Å². The molecule has 0 unspecified atom stereocenters. The molecular formula is C16H19N5O4. The van der Waals surface area contributed by atoms with Crippen molar-refractivity contribution in [2.45, 2.75) is 38.6 Å². The van der Waals surface area contributed by atoms with Crippen LogP contribution in [0.1, 0.15) is 43.1 Å². The highest BCUT2D eigenvalue weighted by Gasteiger charge is 2.29. The van der Waals surface area contributed by atoms with E-state index in [0.29, 0.717) is 11.5 Å². The lowest BCUT2D eigenvalue weighted by Gasteiger charge is -2.35. The normalized spacial score (nSPS) is 17.5. The van der Waals surface area contributed by atoms with Gasteiger partial charge in [-0.3, -0.25) is 10.1 Å². The van der Waals surface area contributed by atoms with Crippen molar-refractivity contribution in [3.05, 3.63) is 40.1 Å². The molecule has 0 spiro atoms. The summed E-state index contributed by atoms with van der Waals surface area (Å²) in [5.41, 5.74) is 0.123. The molecule has 0 amide bonds. The molecule has 1 aromatic carbocycles. The predicted octanol–water partition coefficient (Wildman–Crippen LogP) is 2.64. The second-order valence-corrected chi connectivity index (χ2v) is 6.00. The van der Waals surface area contributed by atoms with E-state index < -0.39 is 10.9 Å². The summed E-state index contributed by atoms with van der Waals surface area (Å²) in [6, 6.07) is 6.04. The van der Waals surface area contributed by atoms with E-state index in [4.69, 9.17) is 0 Å². The van der Waals surface area contributed by atoms with Crippen LogP contribution in [0, 0.1) is 10.1 Å². The number of nitrogens with zero attached hydrogens (tertiary/aromatic N) is 5. The molecule has 0 aliphatic carbocycles. The van der Waals surface area contributed by atoms with Crippen LogP contribution in [0.5, 0.6) is 0 Å². The van der Waals surface area contributed by atoms with Gasteiger partial charge in [0.15, 0.2) is 5.82 Å². The monoisotopic (exact) mass is 345 g/mol. The largest absolute Gasteiger partial charge is 0.476 e. The number of benzene rings is 1.